The quantitative estimate of drug-likeness (QED) is 0.648. The predicted molar refractivity (Wildman–Crippen MR) is 108 cm³/mol. The highest BCUT2D eigenvalue weighted by Gasteiger charge is 2.29. The van der Waals surface area contributed by atoms with E-state index in [2.05, 4.69) is 5.32 Å². The van der Waals surface area contributed by atoms with E-state index in [0.29, 0.717) is 13.0 Å². The van der Waals surface area contributed by atoms with E-state index in [1.165, 1.54) is 25.1 Å². The van der Waals surface area contributed by atoms with Crippen LogP contribution >= 0.6 is 0 Å². The molecule has 8 heteroatoms. The number of anilines is 1. The van der Waals surface area contributed by atoms with Gasteiger partial charge >= 0.3 is 0 Å². The number of amides is 1. The van der Waals surface area contributed by atoms with Crippen LogP contribution in [0.2, 0.25) is 0 Å². The van der Waals surface area contributed by atoms with Crippen molar-refractivity contribution in [2.24, 2.45) is 0 Å². The van der Waals surface area contributed by atoms with Crippen LogP contribution in [0.3, 0.4) is 0 Å². The molecule has 0 aliphatic heterocycles. The number of rotatable bonds is 9. The van der Waals surface area contributed by atoms with Crippen LogP contribution in [0.15, 0.2) is 48.5 Å². The predicted octanol–water partition coefficient (Wildman–Crippen LogP) is 2.74. The molecule has 0 spiro atoms. The molecule has 2 aromatic rings. The Labute approximate surface area is 165 Å². The molecule has 1 atom stereocenters. The fraction of sp³-hybridized carbons (Fsp3) is 0.350. The van der Waals surface area contributed by atoms with Gasteiger partial charge in [0.05, 0.1) is 19.1 Å². The summed E-state index contributed by atoms with van der Waals surface area (Å²) in [6.07, 6.45) is 2.45. The minimum absolute atomic E-state index is 0.114. The highest BCUT2D eigenvalue weighted by Crippen LogP contribution is 2.21. The maximum absolute atomic E-state index is 13.5. The normalized spacial score (nSPS) is 12.3. The molecule has 0 heterocycles. The summed E-state index contributed by atoms with van der Waals surface area (Å²) >= 11 is 0. The molecule has 0 saturated carbocycles. The van der Waals surface area contributed by atoms with E-state index in [4.69, 9.17) is 4.74 Å². The van der Waals surface area contributed by atoms with Crippen molar-refractivity contribution in [1.29, 1.82) is 0 Å². The summed E-state index contributed by atoms with van der Waals surface area (Å²) in [4.78, 5) is 12.5. The highest BCUT2D eigenvalue weighted by atomic mass is 32.2. The molecule has 6 nitrogen and oxygen atoms in total. The van der Waals surface area contributed by atoms with Gasteiger partial charge in [-0.05, 0) is 55.7 Å². The first-order chi connectivity index (χ1) is 13.2. The summed E-state index contributed by atoms with van der Waals surface area (Å²) in [6, 6.07) is 11.8. The summed E-state index contributed by atoms with van der Waals surface area (Å²) in [5, 5.41) is 2.75. The number of nitrogens with one attached hydrogen (secondary N) is 1. The number of hydrogen-bond acceptors (Lipinski definition) is 4. The van der Waals surface area contributed by atoms with Crippen LogP contribution in [-0.4, -0.2) is 40.3 Å². The number of methoxy groups -OCH3 is 1. The number of ether oxygens (including phenoxy) is 1. The van der Waals surface area contributed by atoms with Crippen LogP contribution in [-0.2, 0) is 21.2 Å². The first-order valence-corrected chi connectivity index (χ1v) is 10.7. The van der Waals surface area contributed by atoms with Crippen molar-refractivity contribution in [1.82, 2.24) is 5.32 Å². The van der Waals surface area contributed by atoms with E-state index in [0.717, 1.165) is 34.4 Å². The van der Waals surface area contributed by atoms with Crippen molar-refractivity contribution >= 4 is 21.6 Å². The summed E-state index contributed by atoms with van der Waals surface area (Å²) < 4.78 is 43.9. The number of carbonyl (C=O) groups is 1. The number of nitrogens with zero attached hydrogens (tertiary/aromatic N) is 1. The van der Waals surface area contributed by atoms with Gasteiger partial charge in [-0.3, -0.25) is 9.10 Å². The van der Waals surface area contributed by atoms with E-state index < -0.39 is 27.8 Å². The summed E-state index contributed by atoms with van der Waals surface area (Å²) in [5.41, 5.74) is 1.23. The average molecular weight is 408 g/mol. The Morgan fingerprint density at radius 1 is 1.21 bits per heavy atom. The molecular formula is C20H25FN2O4S. The number of hydrogen-bond donors (Lipinski definition) is 1. The minimum Gasteiger partial charge on any atom is -0.497 e. The maximum atomic E-state index is 13.5. The molecule has 28 heavy (non-hydrogen) atoms. The molecule has 0 radical (unpaired) electrons. The molecule has 0 aliphatic rings. The largest absolute Gasteiger partial charge is 0.497 e. The van der Waals surface area contributed by atoms with Gasteiger partial charge < -0.3 is 10.1 Å². The third kappa shape index (κ3) is 5.95. The van der Waals surface area contributed by atoms with E-state index in [-0.39, 0.29) is 5.69 Å². The van der Waals surface area contributed by atoms with Crippen LogP contribution in [0.4, 0.5) is 10.1 Å². The molecule has 1 unspecified atom stereocenters. The highest BCUT2D eigenvalue weighted by molar-refractivity contribution is 7.92. The molecule has 0 aliphatic carbocycles. The molecule has 1 amide bonds. The first kappa shape index (κ1) is 21.7. The minimum atomic E-state index is -3.77. The zero-order valence-electron chi connectivity index (χ0n) is 16.2. The smallest absolute Gasteiger partial charge is 0.243 e. The second-order valence-electron chi connectivity index (χ2n) is 6.46. The maximum Gasteiger partial charge on any atom is 0.243 e. The van der Waals surface area contributed by atoms with Crippen molar-refractivity contribution < 1.29 is 22.3 Å². The van der Waals surface area contributed by atoms with Crippen LogP contribution in [0.1, 0.15) is 18.9 Å². The van der Waals surface area contributed by atoms with E-state index in [9.17, 15) is 17.6 Å². The van der Waals surface area contributed by atoms with Crippen LogP contribution < -0.4 is 14.4 Å². The monoisotopic (exact) mass is 408 g/mol. The van der Waals surface area contributed by atoms with E-state index >= 15 is 0 Å². The fourth-order valence-corrected chi connectivity index (χ4v) is 4.03. The second-order valence-corrected chi connectivity index (χ2v) is 8.32. The number of halogens is 1. The van der Waals surface area contributed by atoms with Crippen LogP contribution in [0, 0.1) is 5.82 Å². The Balaban J connectivity index is 1.95. The number of carbonyl (C=O) groups excluding carboxylic acids is 1. The molecule has 0 fully saturated rings. The van der Waals surface area contributed by atoms with Gasteiger partial charge in [-0.25, -0.2) is 12.8 Å². The Hall–Kier alpha value is -2.61. The van der Waals surface area contributed by atoms with Gasteiger partial charge in [0, 0.05) is 6.54 Å². The number of benzene rings is 2. The Morgan fingerprint density at radius 3 is 2.46 bits per heavy atom. The van der Waals surface area contributed by atoms with Crippen LogP contribution in [0.25, 0.3) is 0 Å². The topological polar surface area (TPSA) is 75.7 Å². The lowest BCUT2D eigenvalue weighted by molar-refractivity contribution is -0.121. The Morgan fingerprint density at radius 2 is 1.89 bits per heavy atom. The van der Waals surface area contributed by atoms with Crippen molar-refractivity contribution in [3.63, 3.8) is 0 Å². The number of sulfonamides is 1. The lowest BCUT2D eigenvalue weighted by Crippen LogP contribution is -2.48. The standard InChI is InChI=1S/C20H25FN2O4S/c1-15(23(28(3,25)26)18-8-4-7-17(21)14-18)20(24)22-13-5-6-16-9-11-19(27-2)12-10-16/h4,7-12,14-15H,5-6,13H2,1-3H3,(H,22,24). The zero-order chi connectivity index (χ0) is 20.7. The Kier molecular flexibility index (Phi) is 7.39. The molecule has 2 rings (SSSR count). The zero-order valence-corrected chi connectivity index (χ0v) is 17.0. The molecule has 0 saturated heterocycles. The van der Waals surface area contributed by atoms with Gasteiger partial charge in [0.2, 0.25) is 15.9 Å². The molecule has 2 aromatic carbocycles. The van der Waals surface area contributed by atoms with Gasteiger partial charge in [-0.1, -0.05) is 18.2 Å². The van der Waals surface area contributed by atoms with Crippen LogP contribution in [0.5, 0.6) is 5.75 Å². The van der Waals surface area contributed by atoms with Crippen molar-refractivity contribution in [3.8, 4) is 5.75 Å². The van der Waals surface area contributed by atoms with Gasteiger partial charge in [0.1, 0.15) is 17.6 Å². The number of aryl methyl sites for hydroxylation is 1. The molecular weight excluding hydrogens is 383 g/mol. The third-order valence-electron chi connectivity index (χ3n) is 4.25. The van der Waals surface area contributed by atoms with Gasteiger partial charge in [-0.15, -0.1) is 0 Å². The third-order valence-corrected chi connectivity index (χ3v) is 5.49. The summed E-state index contributed by atoms with van der Waals surface area (Å²) in [7, 11) is -2.16. The van der Waals surface area contributed by atoms with Gasteiger partial charge in [0.15, 0.2) is 0 Å². The Bertz CT molecular complexity index is 901. The lowest BCUT2D eigenvalue weighted by Gasteiger charge is -2.28. The average Bonchev–Trinajstić information content (AvgIpc) is 2.64. The SMILES string of the molecule is COc1ccc(CCCNC(=O)C(C)N(c2cccc(F)c2)S(C)(=O)=O)cc1. The molecule has 0 bridgehead atoms. The van der Waals surface area contributed by atoms with E-state index in [1.54, 1.807) is 7.11 Å². The van der Waals surface area contributed by atoms with Crippen molar-refractivity contribution in [3.05, 3.63) is 59.9 Å². The second kappa shape index (κ2) is 9.54. The first-order valence-electron chi connectivity index (χ1n) is 8.88. The fourth-order valence-electron chi connectivity index (χ4n) is 2.87. The molecule has 1 N–H and O–H groups in total. The van der Waals surface area contributed by atoms with Gasteiger partial charge in [-0.2, -0.15) is 0 Å². The summed E-state index contributed by atoms with van der Waals surface area (Å²) in [6.45, 7) is 1.88. The molecule has 0 aromatic heterocycles. The van der Waals surface area contributed by atoms with E-state index in [1.807, 2.05) is 24.3 Å². The van der Waals surface area contributed by atoms with Crippen molar-refractivity contribution in [2.75, 3.05) is 24.2 Å². The van der Waals surface area contributed by atoms with Crippen molar-refractivity contribution in [2.45, 2.75) is 25.8 Å². The molecule has 152 valence electrons. The lowest BCUT2D eigenvalue weighted by atomic mass is 10.1. The summed E-state index contributed by atoms with van der Waals surface area (Å²) in [5.74, 6) is -0.230. The van der Waals surface area contributed by atoms with Gasteiger partial charge in [0.25, 0.3) is 0 Å².